The van der Waals surface area contributed by atoms with Crippen molar-refractivity contribution in [3.05, 3.63) is 47.6 Å². The van der Waals surface area contributed by atoms with Crippen LogP contribution in [-0.2, 0) is 0 Å². The number of nitrogens with zero attached hydrogens (tertiary/aromatic N) is 4. The van der Waals surface area contributed by atoms with Crippen LogP contribution in [0.4, 0.5) is 4.79 Å². The molecular weight excluding hydrogens is 288 g/mol. The Morgan fingerprint density at radius 3 is 2.48 bits per heavy atom. The van der Waals surface area contributed by atoms with Crippen molar-refractivity contribution in [3.63, 3.8) is 0 Å². The summed E-state index contributed by atoms with van der Waals surface area (Å²) in [5.41, 5.74) is 1.94. The molecule has 3 aromatic rings. The van der Waals surface area contributed by atoms with E-state index in [9.17, 15) is 4.79 Å². The van der Waals surface area contributed by atoms with E-state index in [1.807, 2.05) is 30.3 Å². The van der Waals surface area contributed by atoms with Crippen LogP contribution in [0.5, 0.6) is 0 Å². The zero-order valence-corrected chi connectivity index (χ0v) is 12.4. The molecule has 0 bridgehead atoms. The van der Waals surface area contributed by atoms with E-state index in [0.717, 1.165) is 5.56 Å². The monoisotopic (exact) mass is 300 g/mol. The van der Waals surface area contributed by atoms with Gasteiger partial charge in [0.15, 0.2) is 11.5 Å². The largest absolute Gasteiger partial charge is 0.331 e. The van der Waals surface area contributed by atoms with Gasteiger partial charge in [0.05, 0.1) is 0 Å². The molecule has 6 heteroatoms. The van der Waals surface area contributed by atoms with Crippen LogP contribution in [-0.4, -0.2) is 39.6 Å². The minimum Gasteiger partial charge on any atom is -0.330 e. The Hall–Kier alpha value is -2.40. The number of benzene rings is 1. The summed E-state index contributed by atoms with van der Waals surface area (Å²) in [6, 6.07) is 12.7. The van der Waals surface area contributed by atoms with Gasteiger partial charge in [-0.05, 0) is 12.1 Å². The summed E-state index contributed by atoms with van der Waals surface area (Å²) in [5.74, 6) is 0.555. The molecule has 0 atom stereocenters. The fourth-order valence-electron chi connectivity index (χ4n) is 2.10. The molecule has 5 nitrogen and oxygen atoms in total. The number of pyridine rings is 1. The van der Waals surface area contributed by atoms with Crippen molar-refractivity contribution in [2.45, 2.75) is 0 Å². The van der Waals surface area contributed by atoms with Gasteiger partial charge in [0.2, 0.25) is 0 Å². The predicted octanol–water partition coefficient (Wildman–Crippen LogP) is 3.28. The molecule has 0 aliphatic heterocycles. The van der Waals surface area contributed by atoms with E-state index < -0.39 is 0 Å². The lowest BCUT2D eigenvalue weighted by Crippen LogP contribution is -2.28. The molecule has 1 amide bonds. The van der Waals surface area contributed by atoms with Gasteiger partial charge in [0, 0.05) is 19.7 Å². The molecule has 0 N–H and O–H groups in total. The lowest BCUT2D eigenvalue weighted by molar-refractivity contribution is 0.220. The van der Waals surface area contributed by atoms with Crippen molar-refractivity contribution in [1.29, 1.82) is 0 Å². The Kier molecular flexibility index (Phi) is 3.35. The van der Waals surface area contributed by atoms with Crippen molar-refractivity contribution < 1.29 is 4.79 Å². The summed E-state index contributed by atoms with van der Waals surface area (Å²) in [6.07, 6.45) is 0. The van der Waals surface area contributed by atoms with Crippen molar-refractivity contribution in [2.24, 2.45) is 0 Å². The molecule has 0 unspecified atom stereocenters. The fourth-order valence-corrected chi connectivity index (χ4v) is 2.24. The van der Waals surface area contributed by atoms with Gasteiger partial charge in [-0.25, -0.2) is 19.3 Å². The minimum atomic E-state index is -0.217. The first-order chi connectivity index (χ1) is 10.1. The van der Waals surface area contributed by atoms with E-state index >= 15 is 0 Å². The Morgan fingerprint density at radius 1 is 1.10 bits per heavy atom. The molecule has 0 aliphatic carbocycles. The summed E-state index contributed by atoms with van der Waals surface area (Å²) in [5, 5.41) is 0.329. The van der Waals surface area contributed by atoms with Gasteiger partial charge in [0.1, 0.15) is 10.7 Å². The number of amides is 1. The highest BCUT2D eigenvalue weighted by Gasteiger charge is 2.20. The molecule has 0 fully saturated rings. The summed E-state index contributed by atoms with van der Waals surface area (Å²) in [4.78, 5) is 22.7. The lowest BCUT2D eigenvalue weighted by atomic mass is 10.2. The van der Waals surface area contributed by atoms with Crippen LogP contribution < -0.4 is 0 Å². The molecule has 3 rings (SSSR count). The average molecular weight is 301 g/mol. The Labute approximate surface area is 126 Å². The third kappa shape index (κ3) is 2.36. The van der Waals surface area contributed by atoms with E-state index in [1.165, 1.54) is 9.47 Å². The van der Waals surface area contributed by atoms with Crippen LogP contribution in [0.25, 0.3) is 22.6 Å². The second-order valence-corrected chi connectivity index (χ2v) is 5.18. The van der Waals surface area contributed by atoms with E-state index in [1.54, 1.807) is 26.2 Å². The number of fused-ring (bicyclic) bond motifs is 1. The first-order valence-electron chi connectivity index (χ1n) is 6.40. The highest BCUT2D eigenvalue weighted by atomic mass is 35.5. The predicted molar refractivity (Wildman–Crippen MR) is 82.5 cm³/mol. The van der Waals surface area contributed by atoms with Crippen molar-refractivity contribution in [2.75, 3.05) is 14.1 Å². The standard InChI is InChI=1S/C15H13ClN4O/c1-19(2)15(21)20-13(10-6-4-3-5-7-10)17-11-8-9-12(16)18-14(11)20/h3-9H,1-2H3. The molecule has 1 aromatic carbocycles. The quantitative estimate of drug-likeness (QED) is 0.648. The number of carbonyl (C=O) groups excluding carboxylic acids is 1. The highest BCUT2D eigenvalue weighted by molar-refractivity contribution is 6.29. The minimum absolute atomic E-state index is 0.217. The number of carbonyl (C=O) groups is 1. The molecule has 106 valence electrons. The Bertz CT molecular complexity index is 811. The van der Waals surface area contributed by atoms with Gasteiger partial charge in [-0.1, -0.05) is 41.9 Å². The SMILES string of the molecule is CN(C)C(=O)n1c(-c2ccccc2)nc2ccc(Cl)nc21. The fraction of sp³-hybridized carbons (Fsp3) is 0.133. The maximum absolute atomic E-state index is 12.5. The van der Waals surface area contributed by atoms with E-state index in [0.29, 0.717) is 22.1 Å². The molecule has 2 aromatic heterocycles. The zero-order chi connectivity index (χ0) is 15.0. The van der Waals surface area contributed by atoms with Crippen LogP contribution in [0, 0.1) is 0 Å². The molecule has 0 aliphatic rings. The highest BCUT2D eigenvalue weighted by Crippen LogP contribution is 2.25. The summed E-state index contributed by atoms with van der Waals surface area (Å²) >= 11 is 5.95. The number of rotatable bonds is 1. The second-order valence-electron chi connectivity index (χ2n) is 4.79. The smallest absolute Gasteiger partial charge is 0.330 e. The molecule has 0 spiro atoms. The zero-order valence-electron chi connectivity index (χ0n) is 11.6. The maximum atomic E-state index is 12.5. The van der Waals surface area contributed by atoms with E-state index in [-0.39, 0.29) is 6.03 Å². The van der Waals surface area contributed by atoms with Crippen molar-refractivity contribution >= 4 is 28.8 Å². The van der Waals surface area contributed by atoms with E-state index in [2.05, 4.69) is 9.97 Å². The number of imidazole rings is 1. The maximum Gasteiger partial charge on any atom is 0.331 e. The van der Waals surface area contributed by atoms with Crippen LogP contribution in [0.15, 0.2) is 42.5 Å². The third-order valence-corrected chi connectivity index (χ3v) is 3.29. The van der Waals surface area contributed by atoms with E-state index in [4.69, 9.17) is 11.6 Å². The Morgan fingerprint density at radius 2 is 1.81 bits per heavy atom. The normalized spacial score (nSPS) is 10.8. The van der Waals surface area contributed by atoms with Crippen molar-refractivity contribution in [1.82, 2.24) is 19.4 Å². The number of aromatic nitrogens is 3. The first-order valence-corrected chi connectivity index (χ1v) is 6.78. The topological polar surface area (TPSA) is 51.0 Å². The van der Waals surface area contributed by atoms with Gasteiger partial charge in [-0.3, -0.25) is 0 Å². The van der Waals surface area contributed by atoms with Gasteiger partial charge < -0.3 is 4.90 Å². The van der Waals surface area contributed by atoms with Crippen LogP contribution in [0.1, 0.15) is 0 Å². The molecule has 0 radical (unpaired) electrons. The molecular formula is C15H13ClN4O. The summed E-state index contributed by atoms with van der Waals surface area (Å²) in [6.45, 7) is 0. The number of halogens is 1. The van der Waals surface area contributed by atoms with Crippen LogP contribution >= 0.6 is 11.6 Å². The average Bonchev–Trinajstić information content (AvgIpc) is 2.85. The van der Waals surface area contributed by atoms with Crippen LogP contribution in [0.2, 0.25) is 5.15 Å². The van der Waals surface area contributed by atoms with Gasteiger partial charge in [0.25, 0.3) is 0 Å². The number of hydrogen-bond donors (Lipinski definition) is 0. The van der Waals surface area contributed by atoms with Crippen LogP contribution in [0.3, 0.4) is 0 Å². The van der Waals surface area contributed by atoms with Gasteiger partial charge in [-0.2, -0.15) is 0 Å². The first kappa shape index (κ1) is 13.6. The van der Waals surface area contributed by atoms with Gasteiger partial charge >= 0.3 is 6.03 Å². The summed E-state index contributed by atoms with van der Waals surface area (Å²) in [7, 11) is 3.38. The molecule has 0 saturated heterocycles. The third-order valence-electron chi connectivity index (χ3n) is 3.08. The Balaban J connectivity index is 2.33. The second kappa shape index (κ2) is 5.18. The lowest BCUT2D eigenvalue weighted by Gasteiger charge is -2.13. The molecule has 0 saturated carbocycles. The molecule has 21 heavy (non-hydrogen) atoms. The number of hydrogen-bond acceptors (Lipinski definition) is 3. The van der Waals surface area contributed by atoms with Crippen molar-refractivity contribution in [3.8, 4) is 11.4 Å². The summed E-state index contributed by atoms with van der Waals surface area (Å²) < 4.78 is 1.48. The molecule has 2 heterocycles. The van der Waals surface area contributed by atoms with Gasteiger partial charge in [-0.15, -0.1) is 0 Å².